The Balaban J connectivity index is 1.33. The van der Waals surface area contributed by atoms with Gasteiger partial charge in [-0.15, -0.1) is 0 Å². The van der Waals surface area contributed by atoms with E-state index in [1.54, 1.807) is 18.3 Å². The first-order valence-corrected chi connectivity index (χ1v) is 12.5. The standard InChI is InChI=1S/C30H26FN5O4/c1-17(2)27-16-25(28(40-27)19-6-8-23-18(13-19)5-4-11-33-23)36-30(38)35-24-9-7-20(14-22(24)31)39-21-10-12-34-26(15-21)29(37)32-3/h4-17H,1-3H3,(H,32,37)(H2,35,36,38). The molecule has 0 aliphatic rings. The highest BCUT2D eigenvalue weighted by molar-refractivity contribution is 6.02. The first-order valence-electron chi connectivity index (χ1n) is 12.5. The molecular formula is C30H26FN5O4. The summed E-state index contributed by atoms with van der Waals surface area (Å²) in [6.07, 6.45) is 3.14. The molecule has 0 bridgehead atoms. The monoisotopic (exact) mass is 539 g/mol. The van der Waals surface area contributed by atoms with Gasteiger partial charge in [0, 0.05) is 54.5 Å². The van der Waals surface area contributed by atoms with E-state index in [9.17, 15) is 14.0 Å². The number of rotatable bonds is 7. The Morgan fingerprint density at radius 3 is 2.48 bits per heavy atom. The fourth-order valence-corrected chi connectivity index (χ4v) is 4.02. The van der Waals surface area contributed by atoms with Crippen LogP contribution in [-0.2, 0) is 0 Å². The number of carbonyl (C=O) groups excluding carboxylic acids is 2. The van der Waals surface area contributed by atoms with Crippen molar-refractivity contribution in [2.75, 3.05) is 17.7 Å². The first-order chi connectivity index (χ1) is 19.3. The van der Waals surface area contributed by atoms with Crippen molar-refractivity contribution in [2.45, 2.75) is 19.8 Å². The molecule has 0 radical (unpaired) electrons. The molecule has 0 unspecified atom stereocenters. The number of hydrogen-bond acceptors (Lipinski definition) is 6. The van der Waals surface area contributed by atoms with Crippen LogP contribution in [0.5, 0.6) is 11.5 Å². The van der Waals surface area contributed by atoms with Gasteiger partial charge in [0.05, 0.1) is 16.9 Å². The molecule has 0 aliphatic heterocycles. The van der Waals surface area contributed by atoms with Crippen LogP contribution in [0, 0.1) is 5.82 Å². The second-order valence-electron chi connectivity index (χ2n) is 9.24. The third-order valence-corrected chi connectivity index (χ3v) is 6.05. The van der Waals surface area contributed by atoms with E-state index < -0.39 is 11.8 Å². The van der Waals surface area contributed by atoms with Gasteiger partial charge in [0.2, 0.25) is 0 Å². The van der Waals surface area contributed by atoms with Gasteiger partial charge >= 0.3 is 6.03 Å². The number of aromatic nitrogens is 2. The molecule has 2 aromatic carbocycles. The van der Waals surface area contributed by atoms with Gasteiger partial charge < -0.3 is 25.1 Å². The molecule has 0 spiro atoms. The Kier molecular flexibility index (Phi) is 7.41. The number of carbonyl (C=O) groups is 2. The van der Waals surface area contributed by atoms with Gasteiger partial charge in [-0.05, 0) is 42.5 Å². The Morgan fingerprint density at radius 1 is 0.900 bits per heavy atom. The lowest BCUT2D eigenvalue weighted by Gasteiger charge is -2.11. The number of pyridine rings is 2. The molecule has 10 heteroatoms. The molecule has 3 amide bonds. The molecule has 5 aromatic rings. The van der Waals surface area contributed by atoms with Crippen LogP contribution in [0.4, 0.5) is 20.6 Å². The van der Waals surface area contributed by atoms with Crippen molar-refractivity contribution < 1.29 is 23.1 Å². The van der Waals surface area contributed by atoms with E-state index >= 15 is 0 Å². The summed E-state index contributed by atoms with van der Waals surface area (Å²) in [7, 11) is 1.49. The van der Waals surface area contributed by atoms with E-state index in [0.717, 1.165) is 22.5 Å². The third kappa shape index (κ3) is 5.75. The average molecular weight is 540 g/mol. The van der Waals surface area contributed by atoms with Crippen molar-refractivity contribution in [3.63, 3.8) is 0 Å². The van der Waals surface area contributed by atoms with Crippen molar-refractivity contribution in [3.05, 3.63) is 96.4 Å². The maximum absolute atomic E-state index is 14.9. The van der Waals surface area contributed by atoms with E-state index in [-0.39, 0.29) is 29.0 Å². The molecule has 40 heavy (non-hydrogen) atoms. The first kappa shape index (κ1) is 26.4. The van der Waals surface area contributed by atoms with E-state index in [1.165, 1.54) is 31.4 Å². The summed E-state index contributed by atoms with van der Waals surface area (Å²) in [6.45, 7) is 3.97. The lowest BCUT2D eigenvalue weighted by Crippen LogP contribution is -2.20. The van der Waals surface area contributed by atoms with Gasteiger partial charge in [-0.2, -0.15) is 0 Å². The number of ether oxygens (including phenoxy) is 1. The molecule has 0 fully saturated rings. The number of amides is 3. The zero-order valence-electron chi connectivity index (χ0n) is 22.0. The number of urea groups is 1. The minimum atomic E-state index is -0.703. The van der Waals surface area contributed by atoms with Crippen LogP contribution in [0.25, 0.3) is 22.2 Å². The molecule has 5 rings (SSSR count). The highest BCUT2D eigenvalue weighted by Gasteiger charge is 2.19. The number of anilines is 2. The van der Waals surface area contributed by atoms with Crippen LogP contribution >= 0.6 is 0 Å². The maximum atomic E-state index is 14.9. The van der Waals surface area contributed by atoms with Gasteiger partial charge in [0.25, 0.3) is 5.91 Å². The smallest absolute Gasteiger partial charge is 0.323 e. The molecular weight excluding hydrogens is 513 g/mol. The fraction of sp³-hybridized carbons (Fsp3) is 0.133. The van der Waals surface area contributed by atoms with Crippen molar-refractivity contribution >= 4 is 34.2 Å². The summed E-state index contributed by atoms with van der Waals surface area (Å²) in [5, 5.41) is 8.72. The molecule has 3 heterocycles. The zero-order valence-corrected chi connectivity index (χ0v) is 22.0. The van der Waals surface area contributed by atoms with Crippen LogP contribution in [0.2, 0.25) is 0 Å². The minimum absolute atomic E-state index is 0.0449. The molecule has 3 aromatic heterocycles. The van der Waals surface area contributed by atoms with Crippen molar-refractivity contribution in [1.29, 1.82) is 0 Å². The van der Waals surface area contributed by atoms with Crippen LogP contribution in [0.15, 0.2) is 83.5 Å². The number of nitrogens with one attached hydrogen (secondary N) is 3. The SMILES string of the molecule is CNC(=O)c1cc(Oc2ccc(NC(=O)Nc3cc(C(C)C)oc3-c3ccc4ncccc4c3)c(F)c2)ccn1. The lowest BCUT2D eigenvalue weighted by molar-refractivity contribution is 0.0957. The van der Waals surface area contributed by atoms with Gasteiger partial charge in [0.1, 0.15) is 28.8 Å². The Hall–Kier alpha value is -5.25. The highest BCUT2D eigenvalue weighted by atomic mass is 19.1. The van der Waals surface area contributed by atoms with Gasteiger partial charge in [0.15, 0.2) is 5.76 Å². The van der Waals surface area contributed by atoms with Crippen LogP contribution in [0.1, 0.15) is 36.0 Å². The average Bonchev–Trinajstić information content (AvgIpc) is 3.38. The fourth-order valence-electron chi connectivity index (χ4n) is 4.02. The number of furan rings is 1. The van der Waals surface area contributed by atoms with Crippen LogP contribution in [0.3, 0.4) is 0 Å². The molecule has 3 N–H and O–H groups in total. The largest absolute Gasteiger partial charge is 0.459 e. The van der Waals surface area contributed by atoms with Crippen LogP contribution < -0.4 is 20.7 Å². The van der Waals surface area contributed by atoms with E-state index in [2.05, 4.69) is 25.9 Å². The number of nitrogens with zero attached hydrogens (tertiary/aromatic N) is 2. The zero-order chi connectivity index (χ0) is 28.2. The molecule has 202 valence electrons. The molecule has 0 aliphatic carbocycles. The van der Waals surface area contributed by atoms with Gasteiger partial charge in [-0.1, -0.05) is 19.9 Å². The van der Waals surface area contributed by atoms with E-state index in [0.29, 0.717) is 23.0 Å². The number of halogens is 1. The summed E-state index contributed by atoms with van der Waals surface area (Å²) in [5.41, 5.74) is 2.18. The van der Waals surface area contributed by atoms with E-state index in [1.807, 2.05) is 44.2 Å². The second-order valence-corrected chi connectivity index (χ2v) is 9.24. The Bertz CT molecular complexity index is 1720. The second kappa shape index (κ2) is 11.2. The van der Waals surface area contributed by atoms with Crippen LogP contribution in [-0.4, -0.2) is 29.0 Å². The molecule has 0 atom stereocenters. The van der Waals surface area contributed by atoms with Gasteiger partial charge in [-0.3, -0.25) is 14.8 Å². The molecule has 9 nitrogen and oxygen atoms in total. The summed E-state index contributed by atoms with van der Waals surface area (Å²) in [4.78, 5) is 33.0. The number of hydrogen-bond donors (Lipinski definition) is 3. The summed E-state index contributed by atoms with van der Waals surface area (Å²) >= 11 is 0. The van der Waals surface area contributed by atoms with E-state index in [4.69, 9.17) is 9.15 Å². The predicted molar refractivity (Wildman–Crippen MR) is 150 cm³/mol. The predicted octanol–water partition coefficient (Wildman–Crippen LogP) is 6.95. The van der Waals surface area contributed by atoms with Crippen molar-refractivity contribution in [3.8, 4) is 22.8 Å². The topological polar surface area (TPSA) is 118 Å². The Labute approximate surface area is 229 Å². The van der Waals surface area contributed by atoms with Crippen molar-refractivity contribution in [2.24, 2.45) is 0 Å². The number of fused-ring (bicyclic) bond motifs is 1. The summed E-state index contributed by atoms with van der Waals surface area (Å²) in [5.74, 6) is 0.678. The maximum Gasteiger partial charge on any atom is 0.323 e. The third-order valence-electron chi connectivity index (χ3n) is 6.05. The van der Waals surface area contributed by atoms with Gasteiger partial charge in [-0.25, -0.2) is 9.18 Å². The Morgan fingerprint density at radius 2 is 1.70 bits per heavy atom. The quantitative estimate of drug-likeness (QED) is 0.206. The molecule has 0 saturated carbocycles. The highest BCUT2D eigenvalue weighted by Crippen LogP contribution is 2.36. The summed E-state index contributed by atoms with van der Waals surface area (Å²) in [6, 6.07) is 17.6. The van der Waals surface area contributed by atoms with Crippen molar-refractivity contribution in [1.82, 2.24) is 15.3 Å². The summed E-state index contributed by atoms with van der Waals surface area (Å²) < 4.78 is 26.7. The normalized spacial score (nSPS) is 10.9. The molecule has 0 saturated heterocycles. The minimum Gasteiger partial charge on any atom is -0.459 e. The lowest BCUT2D eigenvalue weighted by atomic mass is 10.1. The number of benzene rings is 2.